The van der Waals surface area contributed by atoms with Crippen LogP contribution in [0.1, 0.15) is 25.7 Å². The molecule has 1 N–H and O–H groups in total. The van der Waals surface area contributed by atoms with Gasteiger partial charge in [-0.25, -0.2) is 14.6 Å². The van der Waals surface area contributed by atoms with Gasteiger partial charge in [-0.2, -0.15) is 0 Å². The highest BCUT2D eigenvalue weighted by molar-refractivity contribution is 9.10. The Bertz CT molecular complexity index is 1200. The highest BCUT2D eigenvalue weighted by Crippen LogP contribution is 2.61. The molecule has 0 radical (unpaired) electrons. The number of carbonyl (C=O) groups is 1. The summed E-state index contributed by atoms with van der Waals surface area (Å²) in [5, 5.41) is 8.33. The van der Waals surface area contributed by atoms with Crippen LogP contribution in [0.2, 0.25) is 5.02 Å². The number of aromatic nitrogens is 4. The molecule has 2 aromatic heterocycles. The Hall–Kier alpha value is -2.52. The zero-order chi connectivity index (χ0) is 20.9. The minimum absolute atomic E-state index is 0.0874. The van der Waals surface area contributed by atoms with Gasteiger partial charge < -0.3 is 4.74 Å². The molecule has 30 heavy (non-hydrogen) atoms. The molecule has 2 saturated carbocycles. The van der Waals surface area contributed by atoms with Gasteiger partial charge in [0, 0.05) is 4.47 Å². The van der Waals surface area contributed by atoms with Crippen LogP contribution in [-0.4, -0.2) is 31.8 Å². The monoisotopic (exact) mass is 489 g/mol. The first-order valence-corrected chi connectivity index (χ1v) is 10.7. The molecule has 0 bridgehead atoms. The Morgan fingerprint density at radius 1 is 1.27 bits per heavy atom. The van der Waals surface area contributed by atoms with Crippen LogP contribution in [0.4, 0.5) is 5.95 Å². The fourth-order valence-electron chi connectivity index (χ4n) is 3.83. The number of benzene rings is 1. The Kier molecular flexibility index (Phi) is 4.74. The van der Waals surface area contributed by atoms with Gasteiger partial charge in [-0.05, 0) is 49.3 Å². The number of amides is 1. The first-order valence-electron chi connectivity index (χ1n) is 9.55. The number of halogens is 2. The van der Waals surface area contributed by atoms with Gasteiger partial charge in [0.05, 0.1) is 28.2 Å². The van der Waals surface area contributed by atoms with Gasteiger partial charge in [0.25, 0.3) is 5.56 Å². The maximum absolute atomic E-state index is 12.9. The van der Waals surface area contributed by atoms with E-state index in [-0.39, 0.29) is 24.2 Å². The third-order valence-corrected chi connectivity index (χ3v) is 6.30. The Labute approximate surface area is 184 Å². The molecule has 1 spiro atoms. The van der Waals surface area contributed by atoms with E-state index in [1.54, 1.807) is 12.1 Å². The third-order valence-electron chi connectivity index (χ3n) is 5.61. The summed E-state index contributed by atoms with van der Waals surface area (Å²) >= 11 is 9.19. The van der Waals surface area contributed by atoms with Gasteiger partial charge >= 0.3 is 0 Å². The molecule has 0 unspecified atom stereocenters. The number of fused-ring (bicyclic) bond motifs is 1. The smallest absolute Gasteiger partial charge is 0.275 e. The summed E-state index contributed by atoms with van der Waals surface area (Å²) in [6, 6.07) is 5.30. The molecule has 2 aliphatic carbocycles. The van der Waals surface area contributed by atoms with Crippen LogP contribution in [0.15, 0.2) is 39.9 Å². The van der Waals surface area contributed by atoms with E-state index >= 15 is 0 Å². The van der Waals surface area contributed by atoms with Crippen molar-refractivity contribution in [1.29, 1.82) is 0 Å². The van der Waals surface area contributed by atoms with Crippen molar-refractivity contribution >= 4 is 50.2 Å². The number of nitrogens with one attached hydrogen (secondary N) is 1. The second-order valence-electron chi connectivity index (χ2n) is 7.88. The fraction of sp³-hybridized carbons (Fsp3) is 0.350. The van der Waals surface area contributed by atoms with Crippen molar-refractivity contribution in [2.75, 3.05) is 5.32 Å². The molecule has 0 saturated heterocycles. The summed E-state index contributed by atoms with van der Waals surface area (Å²) in [4.78, 5) is 33.2. The first-order chi connectivity index (χ1) is 14.4. The van der Waals surface area contributed by atoms with Crippen LogP contribution < -0.4 is 15.6 Å². The number of nitrogens with zero attached hydrogens (tertiary/aromatic N) is 4. The third kappa shape index (κ3) is 3.79. The number of ether oxygens (including phenoxy) is 1. The second-order valence-corrected chi connectivity index (χ2v) is 9.23. The largest absolute Gasteiger partial charge is 0.473 e. The summed E-state index contributed by atoms with van der Waals surface area (Å²) in [7, 11) is 0. The minimum Gasteiger partial charge on any atom is -0.473 e. The zero-order valence-corrected chi connectivity index (χ0v) is 18.1. The molecule has 2 aliphatic rings. The van der Waals surface area contributed by atoms with Gasteiger partial charge in [0.15, 0.2) is 0 Å². The van der Waals surface area contributed by atoms with Crippen molar-refractivity contribution in [3.8, 4) is 5.88 Å². The van der Waals surface area contributed by atoms with Crippen LogP contribution in [0, 0.1) is 5.41 Å². The molecule has 3 aromatic rings. The van der Waals surface area contributed by atoms with Crippen LogP contribution in [0.3, 0.4) is 0 Å². The maximum Gasteiger partial charge on any atom is 0.275 e. The van der Waals surface area contributed by atoms with E-state index in [0.717, 1.165) is 22.0 Å². The lowest BCUT2D eigenvalue weighted by atomic mass is 9.79. The number of anilines is 1. The van der Waals surface area contributed by atoms with Gasteiger partial charge in [-0.1, -0.05) is 27.5 Å². The molecule has 2 heterocycles. The highest BCUT2D eigenvalue weighted by Gasteiger charge is 2.54. The predicted octanol–water partition coefficient (Wildman–Crippen LogP) is 3.56. The Balaban J connectivity index is 1.42. The quantitative estimate of drug-likeness (QED) is 0.587. The van der Waals surface area contributed by atoms with Crippen molar-refractivity contribution in [3.63, 3.8) is 0 Å². The minimum atomic E-state index is -0.477. The van der Waals surface area contributed by atoms with E-state index in [0.29, 0.717) is 27.1 Å². The zero-order valence-electron chi connectivity index (χ0n) is 15.8. The molecule has 1 amide bonds. The number of hydrogen-bond acceptors (Lipinski definition) is 6. The van der Waals surface area contributed by atoms with Crippen molar-refractivity contribution in [2.24, 2.45) is 5.41 Å². The Morgan fingerprint density at radius 3 is 2.70 bits per heavy atom. The summed E-state index contributed by atoms with van der Waals surface area (Å²) in [5.41, 5.74) is 0.109. The predicted molar refractivity (Wildman–Crippen MR) is 115 cm³/mol. The summed E-state index contributed by atoms with van der Waals surface area (Å²) in [5.74, 6) is -0.0142. The van der Waals surface area contributed by atoms with E-state index in [1.165, 1.54) is 25.2 Å². The summed E-state index contributed by atoms with van der Waals surface area (Å²) in [6.45, 7) is -0.290. The van der Waals surface area contributed by atoms with Gasteiger partial charge in [0.2, 0.25) is 17.7 Å². The highest BCUT2D eigenvalue weighted by atomic mass is 79.9. The van der Waals surface area contributed by atoms with Crippen molar-refractivity contribution in [3.05, 3.63) is 50.4 Å². The molecular formula is C20H17BrClN5O3. The summed E-state index contributed by atoms with van der Waals surface area (Å²) < 4.78 is 8.08. The van der Waals surface area contributed by atoms with Crippen molar-refractivity contribution in [1.82, 2.24) is 19.7 Å². The van der Waals surface area contributed by atoms with Crippen molar-refractivity contribution in [2.45, 2.75) is 38.3 Å². The second kappa shape index (κ2) is 7.31. The normalized spacial score (nSPS) is 17.0. The van der Waals surface area contributed by atoms with Gasteiger partial charge in [0.1, 0.15) is 12.6 Å². The molecular weight excluding hydrogens is 474 g/mol. The van der Waals surface area contributed by atoms with Crippen LogP contribution in [0.25, 0.3) is 10.8 Å². The molecule has 0 aliphatic heterocycles. The average Bonchev–Trinajstić information content (AvgIpc) is 3.48. The van der Waals surface area contributed by atoms with Crippen molar-refractivity contribution < 1.29 is 9.53 Å². The van der Waals surface area contributed by atoms with Gasteiger partial charge in [-0.15, -0.1) is 5.10 Å². The number of carbonyl (C=O) groups excluding carboxylic acids is 1. The number of hydrogen-bond donors (Lipinski definition) is 1. The van der Waals surface area contributed by atoms with Crippen LogP contribution in [-0.2, 0) is 11.3 Å². The van der Waals surface area contributed by atoms with E-state index < -0.39 is 5.91 Å². The van der Waals surface area contributed by atoms with E-state index in [4.69, 9.17) is 16.3 Å². The van der Waals surface area contributed by atoms with Crippen LogP contribution in [0.5, 0.6) is 5.88 Å². The molecule has 1 aromatic carbocycles. The molecule has 0 atom stereocenters. The lowest BCUT2D eigenvalue weighted by Gasteiger charge is -2.35. The molecule has 8 nitrogen and oxygen atoms in total. The SMILES string of the molecule is O=C(Cn1nc(OC2CC3(CC3)C2)c2cc(Br)ccc2c1=O)Nc1ncc(Cl)cn1. The van der Waals surface area contributed by atoms with E-state index in [9.17, 15) is 9.59 Å². The fourth-order valence-corrected chi connectivity index (χ4v) is 4.29. The Morgan fingerprint density at radius 2 is 2.00 bits per heavy atom. The summed E-state index contributed by atoms with van der Waals surface area (Å²) in [6.07, 6.45) is 7.39. The molecule has 10 heteroatoms. The molecule has 154 valence electrons. The topological polar surface area (TPSA) is 99.0 Å². The lowest BCUT2D eigenvalue weighted by Crippen LogP contribution is -2.36. The van der Waals surface area contributed by atoms with Crippen LogP contribution >= 0.6 is 27.5 Å². The maximum atomic E-state index is 12.9. The lowest BCUT2D eigenvalue weighted by molar-refractivity contribution is -0.117. The van der Waals surface area contributed by atoms with Gasteiger partial charge in [-0.3, -0.25) is 14.9 Å². The molecule has 5 rings (SSSR count). The van der Waals surface area contributed by atoms with E-state index in [1.807, 2.05) is 6.07 Å². The standard InChI is InChI=1S/C20H17BrClN5O3/c21-11-1-2-14-15(5-11)17(30-13-6-20(7-13)3-4-20)26-27(18(14)29)10-16(28)25-19-23-8-12(22)9-24-19/h1-2,5,8-9,13H,3-4,6-7,10H2,(H,23,24,25,28). The van der Waals surface area contributed by atoms with E-state index in [2.05, 4.69) is 36.3 Å². The average molecular weight is 491 g/mol. The number of rotatable bonds is 5. The molecule has 2 fully saturated rings. The first kappa shape index (κ1) is 19.4.